The zero-order valence-corrected chi connectivity index (χ0v) is 19.5. The summed E-state index contributed by atoms with van der Waals surface area (Å²) in [7, 11) is 1.47. The van der Waals surface area contributed by atoms with Crippen molar-refractivity contribution < 1.29 is 29.3 Å². The second-order valence-corrected chi connectivity index (χ2v) is 8.59. The number of aliphatic hydroxyl groups excluding tert-OH is 1. The number of aryl methyl sites for hydroxylation is 1. The standard InChI is InChI=1S/C26H30N2O6/c1-17-4-6-18(7-5-17)23-22(24(30)20-9-8-19(33-2)16-21(20)29)25(31)26(32)28(23)11-3-10-27-12-14-34-15-13-27/h4-9,16,23,29-30H,3,10-15H2,1-2H3. The molecule has 1 amide bonds. The zero-order valence-electron chi connectivity index (χ0n) is 19.5. The number of Topliss-reactive ketones (excluding diaryl/α,β-unsaturated/α-hetero) is 1. The van der Waals surface area contributed by atoms with E-state index in [4.69, 9.17) is 9.47 Å². The van der Waals surface area contributed by atoms with Crippen LogP contribution in [0, 0.1) is 6.92 Å². The van der Waals surface area contributed by atoms with Crippen molar-refractivity contribution in [3.05, 3.63) is 64.7 Å². The van der Waals surface area contributed by atoms with Crippen molar-refractivity contribution in [2.45, 2.75) is 19.4 Å². The first-order chi connectivity index (χ1) is 16.4. The van der Waals surface area contributed by atoms with Crippen molar-refractivity contribution in [2.24, 2.45) is 0 Å². The van der Waals surface area contributed by atoms with E-state index in [1.165, 1.54) is 24.1 Å². The number of phenolic OH excluding ortho intramolecular Hbond substituents is 1. The maximum atomic E-state index is 13.1. The van der Waals surface area contributed by atoms with Gasteiger partial charge in [-0.25, -0.2) is 0 Å². The molecular weight excluding hydrogens is 436 g/mol. The number of aliphatic hydroxyl groups is 1. The maximum Gasteiger partial charge on any atom is 0.295 e. The second-order valence-electron chi connectivity index (χ2n) is 8.59. The number of rotatable bonds is 7. The number of benzene rings is 2. The highest BCUT2D eigenvalue weighted by molar-refractivity contribution is 6.46. The van der Waals surface area contributed by atoms with E-state index in [9.17, 15) is 19.8 Å². The van der Waals surface area contributed by atoms with Gasteiger partial charge in [-0.1, -0.05) is 29.8 Å². The zero-order chi connectivity index (χ0) is 24.2. The molecule has 2 aromatic rings. The van der Waals surface area contributed by atoms with Gasteiger partial charge >= 0.3 is 0 Å². The Morgan fingerprint density at radius 2 is 1.79 bits per heavy atom. The Morgan fingerprint density at radius 1 is 1.09 bits per heavy atom. The Labute approximate surface area is 199 Å². The lowest BCUT2D eigenvalue weighted by Gasteiger charge is -2.29. The lowest BCUT2D eigenvalue weighted by molar-refractivity contribution is -0.140. The first kappa shape index (κ1) is 23.8. The highest BCUT2D eigenvalue weighted by Crippen LogP contribution is 2.41. The minimum Gasteiger partial charge on any atom is -0.507 e. The normalized spacial score (nSPS) is 20.6. The molecule has 2 N–H and O–H groups in total. The summed E-state index contributed by atoms with van der Waals surface area (Å²) in [6.07, 6.45) is 0.684. The molecule has 180 valence electrons. The van der Waals surface area contributed by atoms with Gasteiger partial charge < -0.3 is 24.6 Å². The number of methoxy groups -OCH3 is 1. The van der Waals surface area contributed by atoms with Gasteiger partial charge in [0.15, 0.2) is 0 Å². The third-order valence-corrected chi connectivity index (χ3v) is 6.37. The SMILES string of the molecule is COc1ccc(C(O)=C2C(=O)C(=O)N(CCCN3CCOCC3)C2c2ccc(C)cc2)c(O)c1. The van der Waals surface area contributed by atoms with Crippen LogP contribution in [0.2, 0.25) is 0 Å². The quantitative estimate of drug-likeness (QED) is 0.368. The number of morpholine rings is 1. The summed E-state index contributed by atoms with van der Waals surface area (Å²) in [6, 6.07) is 11.2. The van der Waals surface area contributed by atoms with Crippen molar-refractivity contribution in [3.63, 3.8) is 0 Å². The van der Waals surface area contributed by atoms with Crippen LogP contribution in [0.1, 0.15) is 29.2 Å². The molecule has 34 heavy (non-hydrogen) atoms. The number of hydrogen-bond acceptors (Lipinski definition) is 7. The minimum absolute atomic E-state index is 0.0271. The fraction of sp³-hybridized carbons (Fsp3) is 0.385. The summed E-state index contributed by atoms with van der Waals surface area (Å²) in [5.41, 5.74) is 1.82. The van der Waals surface area contributed by atoms with Crippen LogP contribution >= 0.6 is 0 Å². The molecule has 2 aliphatic heterocycles. The summed E-state index contributed by atoms with van der Waals surface area (Å²) in [5, 5.41) is 21.6. The summed E-state index contributed by atoms with van der Waals surface area (Å²) >= 11 is 0. The van der Waals surface area contributed by atoms with Crippen molar-refractivity contribution >= 4 is 17.4 Å². The predicted octanol–water partition coefficient (Wildman–Crippen LogP) is 2.85. The number of carbonyl (C=O) groups excluding carboxylic acids is 2. The topological polar surface area (TPSA) is 99.5 Å². The van der Waals surface area contributed by atoms with Crippen LogP contribution in [0.3, 0.4) is 0 Å². The molecule has 0 spiro atoms. The molecule has 0 aliphatic carbocycles. The molecule has 1 unspecified atom stereocenters. The lowest BCUT2D eigenvalue weighted by Crippen LogP contribution is -2.38. The van der Waals surface area contributed by atoms with Gasteiger partial charge in [-0.3, -0.25) is 14.5 Å². The number of phenols is 1. The molecule has 8 nitrogen and oxygen atoms in total. The van der Waals surface area contributed by atoms with E-state index in [1.807, 2.05) is 31.2 Å². The fourth-order valence-electron chi connectivity index (χ4n) is 4.48. The van der Waals surface area contributed by atoms with Crippen molar-refractivity contribution in [1.29, 1.82) is 0 Å². The van der Waals surface area contributed by atoms with Gasteiger partial charge in [0.1, 0.15) is 17.3 Å². The number of amides is 1. The molecule has 0 saturated carbocycles. The Morgan fingerprint density at radius 3 is 2.44 bits per heavy atom. The first-order valence-corrected chi connectivity index (χ1v) is 11.4. The Kier molecular flexibility index (Phi) is 7.19. The molecule has 2 aliphatic rings. The molecule has 2 aromatic carbocycles. The van der Waals surface area contributed by atoms with Crippen LogP contribution in [0.25, 0.3) is 5.76 Å². The van der Waals surface area contributed by atoms with Crippen LogP contribution in [-0.2, 0) is 14.3 Å². The van der Waals surface area contributed by atoms with Crippen LogP contribution in [-0.4, -0.2) is 78.2 Å². The molecule has 1 atom stereocenters. The van der Waals surface area contributed by atoms with Crippen molar-refractivity contribution in [3.8, 4) is 11.5 Å². The monoisotopic (exact) mass is 466 g/mol. The van der Waals surface area contributed by atoms with Crippen LogP contribution in [0.15, 0.2) is 48.0 Å². The van der Waals surface area contributed by atoms with Gasteiger partial charge in [0.05, 0.1) is 37.5 Å². The highest BCUT2D eigenvalue weighted by Gasteiger charge is 2.46. The minimum atomic E-state index is -0.760. The van der Waals surface area contributed by atoms with E-state index in [0.717, 1.165) is 30.8 Å². The van der Waals surface area contributed by atoms with Crippen LogP contribution < -0.4 is 4.74 Å². The van der Waals surface area contributed by atoms with Gasteiger partial charge in [0, 0.05) is 32.2 Å². The third-order valence-electron chi connectivity index (χ3n) is 6.37. The van der Waals surface area contributed by atoms with Gasteiger partial charge in [0.2, 0.25) is 0 Å². The van der Waals surface area contributed by atoms with Crippen LogP contribution in [0.4, 0.5) is 0 Å². The summed E-state index contributed by atoms with van der Waals surface area (Å²) < 4.78 is 10.5. The molecule has 8 heteroatoms. The molecular formula is C26H30N2O6. The molecule has 0 bridgehead atoms. The summed E-state index contributed by atoms with van der Waals surface area (Å²) in [6.45, 7) is 6.18. The number of ether oxygens (including phenoxy) is 2. The number of likely N-dealkylation sites (tertiary alicyclic amines) is 1. The summed E-state index contributed by atoms with van der Waals surface area (Å²) in [5.74, 6) is -1.64. The summed E-state index contributed by atoms with van der Waals surface area (Å²) in [4.78, 5) is 30.0. The predicted molar refractivity (Wildman–Crippen MR) is 127 cm³/mol. The Hall–Kier alpha value is -3.36. The van der Waals surface area contributed by atoms with E-state index < -0.39 is 23.5 Å². The highest BCUT2D eigenvalue weighted by atomic mass is 16.5. The smallest absolute Gasteiger partial charge is 0.295 e. The fourth-order valence-corrected chi connectivity index (χ4v) is 4.48. The number of nitrogens with zero attached hydrogens (tertiary/aromatic N) is 2. The van der Waals surface area contributed by atoms with E-state index in [-0.39, 0.29) is 16.9 Å². The lowest BCUT2D eigenvalue weighted by atomic mass is 9.94. The molecule has 2 fully saturated rings. The molecule has 0 aromatic heterocycles. The first-order valence-electron chi connectivity index (χ1n) is 11.4. The third kappa shape index (κ3) is 4.78. The van der Waals surface area contributed by atoms with Crippen molar-refractivity contribution in [1.82, 2.24) is 9.80 Å². The van der Waals surface area contributed by atoms with Gasteiger partial charge in [-0.05, 0) is 31.0 Å². The molecule has 0 radical (unpaired) electrons. The number of ketones is 1. The number of hydrogen-bond donors (Lipinski definition) is 2. The van der Waals surface area contributed by atoms with E-state index in [0.29, 0.717) is 31.9 Å². The largest absolute Gasteiger partial charge is 0.507 e. The Balaban J connectivity index is 1.69. The second kappa shape index (κ2) is 10.3. The van der Waals surface area contributed by atoms with E-state index in [2.05, 4.69) is 4.90 Å². The molecule has 2 saturated heterocycles. The molecule has 4 rings (SSSR count). The number of aromatic hydroxyl groups is 1. The average Bonchev–Trinajstić information content (AvgIpc) is 3.09. The van der Waals surface area contributed by atoms with Gasteiger partial charge in [-0.2, -0.15) is 0 Å². The molecule has 2 heterocycles. The Bertz CT molecular complexity index is 1090. The van der Waals surface area contributed by atoms with E-state index >= 15 is 0 Å². The number of carbonyl (C=O) groups is 2. The maximum absolute atomic E-state index is 13.1. The average molecular weight is 467 g/mol. The van der Waals surface area contributed by atoms with E-state index in [1.54, 1.807) is 6.07 Å². The van der Waals surface area contributed by atoms with Crippen LogP contribution in [0.5, 0.6) is 11.5 Å². The van der Waals surface area contributed by atoms with Crippen molar-refractivity contribution in [2.75, 3.05) is 46.5 Å². The van der Waals surface area contributed by atoms with Gasteiger partial charge in [0.25, 0.3) is 11.7 Å². The van der Waals surface area contributed by atoms with Gasteiger partial charge in [-0.15, -0.1) is 0 Å².